The molecule has 1 aliphatic rings. The first kappa shape index (κ1) is 17.4. The number of hydrogen-bond acceptors (Lipinski definition) is 5. The Morgan fingerprint density at radius 2 is 2.16 bits per heavy atom. The highest BCUT2D eigenvalue weighted by molar-refractivity contribution is 6.28. The number of nitrogens with zero attached hydrogens (tertiary/aromatic N) is 4. The molecular weight excluding hydrogens is 344 g/mol. The Bertz CT molecular complexity index is 861. The van der Waals surface area contributed by atoms with Gasteiger partial charge in [0.05, 0.1) is 0 Å². The summed E-state index contributed by atoms with van der Waals surface area (Å²) >= 11 is 5.70. The zero-order chi connectivity index (χ0) is 18.2. The summed E-state index contributed by atoms with van der Waals surface area (Å²) in [5.41, 5.74) is 2.31. The Labute approximate surface area is 150 Å². The van der Waals surface area contributed by atoms with Gasteiger partial charge in [-0.1, -0.05) is 12.1 Å². The van der Waals surface area contributed by atoms with Crippen LogP contribution < -0.4 is 4.85 Å². The lowest BCUT2D eigenvalue weighted by Gasteiger charge is -2.29. The van der Waals surface area contributed by atoms with Crippen LogP contribution in [0.25, 0.3) is 16.6 Å². The summed E-state index contributed by atoms with van der Waals surface area (Å²) < 4.78 is 5.39. The summed E-state index contributed by atoms with van der Waals surface area (Å²) in [5, 5.41) is 15.4. The minimum Gasteiger partial charge on any atom is -0.594 e. The van der Waals surface area contributed by atoms with E-state index in [2.05, 4.69) is 10.1 Å². The Morgan fingerprint density at radius 3 is 2.80 bits per heavy atom. The Balaban J connectivity index is 1.80. The third kappa shape index (κ3) is 3.99. The Kier molecular flexibility index (Phi) is 4.51. The van der Waals surface area contributed by atoms with E-state index < -0.39 is 5.60 Å². The van der Waals surface area contributed by atoms with E-state index in [1.807, 2.05) is 32.9 Å². The van der Waals surface area contributed by atoms with Gasteiger partial charge in [-0.15, -0.1) is 0 Å². The van der Waals surface area contributed by atoms with E-state index in [0.29, 0.717) is 35.4 Å². The van der Waals surface area contributed by atoms with Crippen molar-refractivity contribution in [1.82, 2.24) is 15.0 Å². The first-order chi connectivity index (χ1) is 11.7. The normalized spacial score (nSPS) is 15.2. The molecule has 0 bridgehead atoms. The molecule has 1 aromatic carbocycles. The molecule has 2 aromatic rings. The average Bonchev–Trinajstić information content (AvgIpc) is 2.53. The van der Waals surface area contributed by atoms with Crippen LogP contribution in [0, 0.1) is 5.21 Å². The van der Waals surface area contributed by atoms with Crippen molar-refractivity contribution in [2.75, 3.05) is 13.1 Å². The molecule has 7 nitrogen and oxygen atoms in total. The van der Waals surface area contributed by atoms with E-state index >= 15 is 0 Å². The third-order valence-corrected chi connectivity index (χ3v) is 3.96. The van der Waals surface area contributed by atoms with Gasteiger partial charge in [0, 0.05) is 24.3 Å². The first-order valence-corrected chi connectivity index (χ1v) is 8.35. The minimum absolute atomic E-state index is 0.0832. The number of benzene rings is 1. The Hall–Kier alpha value is -2.41. The van der Waals surface area contributed by atoms with E-state index in [0.717, 1.165) is 11.1 Å². The van der Waals surface area contributed by atoms with Gasteiger partial charge in [0.25, 0.3) is 10.8 Å². The number of amides is 1. The van der Waals surface area contributed by atoms with Crippen LogP contribution in [-0.2, 0) is 4.74 Å². The summed E-state index contributed by atoms with van der Waals surface area (Å²) in [7, 11) is 0. The summed E-state index contributed by atoms with van der Waals surface area (Å²) in [5.74, 6) is 0. The lowest BCUT2D eigenvalue weighted by molar-refractivity contribution is -0.642. The van der Waals surface area contributed by atoms with Crippen LogP contribution in [0.15, 0.2) is 24.3 Å². The van der Waals surface area contributed by atoms with Crippen molar-refractivity contribution >= 4 is 34.3 Å². The number of aromatic nitrogens is 3. The summed E-state index contributed by atoms with van der Waals surface area (Å²) in [6.45, 7) is 6.57. The lowest BCUT2D eigenvalue weighted by Crippen LogP contribution is -2.39. The van der Waals surface area contributed by atoms with Crippen molar-refractivity contribution in [3.63, 3.8) is 0 Å². The fraction of sp³-hybridized carbons (Fsp3) is 0.412. The lowest BCUT2D eigenvalue weighted by atomic mass is 9.99. The first-order valence-electron chi connectivity index (χ1n) is 7.97. The van der Waals surface area contributed by atoms with Gasteiger partial charge >= 0.3 is 6.09 Å². The zero-order valence-electron chi connectivity index (χ0n) is 14.3. The van der Waals surface area contributed by atoms with Crippen LogP contribution >= 0.6 is 11.6 Å². The number of hydrogen-bond donors (Lipinski definition) is 0. The van der Waals surface area contributed by atoms with E-state index in [-0.39, 0.29) is 11.4 Å². The van der Waals surface area contributed by atoms with Gasteiger partial charge in [-0.05, 0) is 60.8 Å². The zero-order valence-corrected chi connectivity index (χ0v) is 15.1. The van der Waals surface area contributed by atoms with E-state index in [1.165, 1.54) is 0 Å². The highest BCUT2D eigenvalue weighted by Gasteiger charge is 2.24. The molecule has 0 saturated carbocycles. The molecule has 0 radical (unpaired) electrons. The van der Waals surface area contributed by atoms with E-state index in [4.69, 9.17) is 16.3 Å². The largest absolute Gasteiger partial charge is 0.594 e. The fourth-order valence-corrected chi connectivity index (χ4v) is 2.80. The number of ether oxygens (including phenoxy) is 1. The van der Waals surface area contributed by atoms with E-state index in [1.54, 1.807) is 17.0 Å². The maximum atomic E-state index is 12.1. The minimum atomic E-state index is -0.511. The van der Waals surface area contributed by atoms with Crippen molar-refractivity contribution in [2.45, 2.75) is 32.8 Å². The number of carbonyl (C=O) groups is 1. The number of halogens is 1. The van der Waals surface area contributed by atoms with Crippen LogP contribution in [0.4, 0.5) is 4.79 Å². The fourth-order valence-electron chi connectivity index (χ4n) is 2.65. The number of rotatable bonds is 1. The average molecular weight is 363 g/mol. The van der Waals surface area contributed by atoms with Gasteiger partial charge in [0.2, 0.25) is 0 Å². The molecule has 25 heavy (non-hydrogen) atoms. The Morgan fingerprint density at radius 1 is 1.40 bits per heavy atom. The van der Waals surface area contributed by atoms with Crippen molar-refractivity contribution in [2.24, 2.45) is 0 Å². The van der Waals surface area contributed by atoms with Crippen LogP contribution in [0.5, 0.6) is 0 Å². The van der Waals surface area contributed by atoms with E-state index in [9.17, 15) is 10.0 Å². The molecule has 0 unspecified atom stereocenters. The molecule has 0 atom stereocenters. The molecule has 0 spiro atoms. The molecule has 2 heterocycles. The van der Waals surface area contributed by atoms with Gasteiger partial charge in [-0.3, -0.25) is 0 Å². The van der Waals surface area contributed by atoms with Gasteiger partial charge in [0.1, 0.15) is 11.1 Å². The van der Waals surface area contributed by atoms with Crippen molar-refractivity contribution in [1.29, 1.82) is 0 Å². The highest BCUT2D eigenvalue weighted by atomic mass is 35.5. The topological polar surface area (TPSA) is 82.3 Å². The molecule has 1 aliphatic heterocycles. The number of carbonyl (C=O) groups excluding carboxylic acids is 1. The summed E-state index contributed by atoms with van der Waals surface area (Å²) in [6.07, 6.45) is 2.33. The SMILES string of the molecule is CC(C)(C)OC(=O)N1CC=C(c2ccc3nc(Cl)n[n+]([O-])c3c2)CC1. The predicted octanol–water partition coefficient (Wildman–Crippen LogP) is 2.94. The molecule has 0 fully saturated rings. The number of fused-ring (bicyclic) bond motifs is 1. The smallest absolute Gasteiger partial charge is 0.410 e. The van der Waals surface area contributed by atoms with Gasteiger partial charge in [0.15, 0.2) is 0 Å². The molecule has 0 saturated heterocycles. The van der Waals surface area contributed by atoms with Crippen molar-refractivity contribution in [3.05, 3.63) is 40.3 Å². The van der Waals surface area contributed by atoms with Crippen LogP contribution in [0.2, 0.25) is 5.28 Å². The van der Waals surface area contributed by atoms with Gasteiger partial charge < -0.3 is 14.8 Å². The summed E-state index contributed by atoms with van der Waals surface area (Å²) in [6, 6.07) is 5.38. The van der Waals surface area contributed by atoms with Crippen LogP contribution in [0.3, 0.4) is 0 Å². The monoisotopic (exact) mass is 362 g/mol. The predicted molar refractivity (Wildman–Crippen MR) is 93.9 cm³/mol. The third-order valence-electron chi connectivity index (χ3n) is 3.80. The van der Waals surface area contributed by atoms with Crippen LogP contribution in [0.1, 0.15) is 32.8 Å². The molecule has 1 amide bonds. The maximum Gasteiger partial charge on any atom is 0.410 e. The van der Waals surface area contributed by atoms with Crippen molar-refractivity contribution in [3.8, 4) is 0 Å². The molecule has 0 N–H and O–H groups in total. The molecule has 8 heteroatoms. The maximum absolute atomic E-state index is 12.1. The van der Waals surface area contributed by atoms with Gasteiger partial charge in [-0.25, -0.2) is 9.78 Å². The standard InChI is InChI=1S/C17H19ClN4O3/c1-17(2,3)25-16(23)21-8-6-11(7-9-21)12-4-5-13-14(10-12)22(24)20-15(18)19-13/h4-6,10H,7-9H2,1-3H3. The quantitative estimate of drug-likeness (QED) is 0.575. The highest BCUT2D eigenvalue weighted by Crippen LogP contribution is 2.25. The molecule has 3 rings (SSSR count). The second kappa shape index (κ2) is 6.48. The molecule has 1 aromatic heterocycles. The van der Waals surface area contributed by atoms with Crippen molar-refractivity contribution < 1.29 is 14.4 Å². The van der Waals surface area contributed by atoms with Gasteiger partial charge in [-0.2, -0.15) is 0 Å². The molecule has 132 valence electrons. The molecule has 0 aliphatic carbocycles. The second-order valence-corrected chi connectivity index (χ2v) is 7.20. The molecular formula is C17H19ClN4O3. The second-order valence-electron chi connectivity index (χ2n) is 6.86. The summed E-state index contributed by atoms with van der Waals surface area (Å²) in [4.78, 5) is 18.3. The van der Waals surface area contributed by atoms with Crippen LogP contribution in [-0.4, -0.2) is 39.8 Å².